The molecule has 2 rings (SSSR count). The average Bonchev–Trinajstić information content (AvgIpc) is 2.46. The topological polar surface area (TPSA) is 50.4 Å². The number of esters is 1. The fraction of sp³-hybridized carbons (Fsp3) is 0.412. The SMILES string of the molecule is CCOC(=O)C1=C(C)NC(=S)N[C@H]1c1ccc(C(C)C)cc1. The molecule has 0 aliphatic carbocycles. The second-order valence-corrected chi connectivity index (χ2v) is 6.02. The van der Waals surface area contributed by atoms with Crippen LogP contribution in [0.2, 0.25) is 0 Å². The van der Waals surface area contributed by atoms with Crippen molar-refractivity contribution in [1.29, 1.82) is 0 Å². The first kappa shape index (κ1) is 16.5. The number of benzene rings is 1. The lowest BCUT2D eigenvalue weighted by atomic mass is 9.93. The summed E-state index contributed by atoms with van der Waals surface area (Å²) in [7, 11) is 0. The molecule has 0 bridgehead atoms. The molecule has 0 spiro atoms. The van der Waals surface area contributed by atoms with Crippen LogP contribution in [0, 0.1) is 0 Å². The van der Waals surface area contributed by atoms with E-state index in [9.17, 15) is 4.79 Å². The van der Waals surface area contributed by atoms with Crippen molar-refractivity contribution in [2.75, 3.05) is 6.61 Å². The third-order valence-corrected chi connectivity index (χ3v) is 3.92. The van der Waals surface area contributed by atoms with Gasteiger partial charge in [0.1, 0.15) is 0 Å². The van der Waals surface area contributed by atoms with Crippen molar-refractivity contribution < 1.29 is 9.53 Å². The molecule has 1 aromatic rings. The molecule has 0 radical (unpaired) electrons. The number of hydrogen-bond donors (Lipinski definition) is 2. The molecule has 0 unspecified atom stereocenters. The van der Waals surface area contributed by atoms with Gasteiger partial charge in [-0.15, -0.1) is 0 Å². The van der Waals surface area contributed by atoms with Crippen molar-refractivity contribution in [1.82, 2.24) is 10.6 Å². The van der Waals surface area contributed by atoms with Crippen LogP contribution in [0.5, 0.6) is 0 Å². The minimum Gasteiger partial charge on any atom is -0.463 e. The zero-order valence-corrected chi connectivity index (χ0v) is 14.2. The van der Waals surface area contributed by atoms with Crippen LogP contribution < -0.4 is 10.6 Å². The minimum absolute atomic E-state index is 0.283. The normalized spacial score (nSPS) is 18.0. The number of ether oxygens (including phenoxy) is 1. The van der Waals surface area contributed by atoms with E-state index in [0.29, 0.717) is 23.2 Å². The molecule has 0 saturated carbocycles. The highest BCUT2D eigenvalue weighted by atomic mass is 32.1. The summed E-state index contributed by atoms with van der Waals surface area (Å²) in [4.78, 5) is 12.3. The number of hydrogen-bond acceptors (Lipinski definition) is 3. The number of nitrogens with one attached hydrogen (secondary N) is 2. The van der Waals surface area contributed by atoms with Gasteiger partial charge in [0.05, 0.1) is 18.2 Å². The van der Waals surface area contributed by atoms with Crippen LogP contribution >= 0.6 is 12.2 Å². The summed E-state index contributed by atoms with van der Waals surface area (Å²) in [5.74, 6) is 0.151. The molecule has 1 aliphatic heterocycles. The monoisotopic (exact) mass is 318 g/mol. The smallest absolute Gasteiger partial charge is 0.338 e. The Kier molecular flexibility index (Phi) is 5.19. The summed E-state index contributed by atoms with van der Waals surface area (Å²) in [6.45, 7) is 8.30. The predicted octanol–water partition coefficient (Wildman–Crippen LogP) is 3.17. The lowest BCUT2D eigenvalue weighted by Crippen LogP contribution is -2.45. The molecule has 4 nitrogen and oxygen atoms in total. The number of rotatable bonds is 4. The molecule has 0 aromatic heterocycles. The van der Waals surface area contributed by atoms with Gasteiger partial charge in [0.25, 0.3) is 0 Å². The Hall–Kier alpha value is -1.88. The van der Waals surface area contributed by atoms with Gasteiger partial charge in [-0.25, -0.2) is 4.79 Å². The lowest BCUT2D eigenvalue weighted by molar-refractivity contribution is -0.139. The van der Waals surface area contributed by atoms with E-state index < -0.39 is 0 Å². The van der Waals surface area contributed by atoms with Gasteiger partial charge in [-0.1, -0.05) is 38.1 Å². The van der Waals surface area contributed by atoms with E-state index in [4.69, 9.17) is 17.0 Å². The van der Waals surface area contributed by atoms with E-state index in [1.54, 1.807) is 6.92 Å². The number of allylic oxidation sites excluding steroid dienone is 1. The van der Waals surface area contributed by atoms with E-state index in [1.807, 2.05) is 19.1 Å². The first-order chi connectivity index (χ1) is 10.4. The summed E-state index contributed by atoms with van der Waals surface area (Å²) in [5, 5.41) is 6.68. The molecule has 1 heterocycles. The molecule has 5 heteroatoms. The zero-order valence-electron chi connectivity index (χ0n) is 13.4. The second-order valence-electron chi connectivity index (χ2n) is 5.61. The van der Waals surface area contributed by atoms with Crippen molar-refractivity contribution in [3.63, 3.8) is 0 Å². The van der Waals surface area contributed by atoms with Crippen molar-refractivity contribution >= 4 is 23.3 Å². The summed E-state index contributed by atoms with van der Waals surface area (Å²) in [5.41, 5.74) is 3.57. The molecule has 22 heavy (non-hydrogen) atoms. The van der Waals surface area contributed by atoms with Crippen molar-refractivity contribution in [2.24, 2.45) is 0 Å². The average molecular weight is 318 g/mol. The Morgan fingerprint density at radius 3 is 2.50 bits per heavy atom. The van der Waals surface area contributed by atoms with Crippen LogP contribution in [0.1, 0.15) is 50.8 Å². The van der Waals surface area contributed by atoms with E-state index in [-0.39, 0.29) is 12.0 Å². The Balaban J connectivity index is 2.38. The fourth-order valence-electron chi connectivity index (χ4n) is 2.50. The molecule has 1 aliphatic rings. The highest BCUT2D eigenvalue weighted by molar-refractivity contribution is 7.80. The minimum atomic E-state index is -0.319. The molecule has 118 valence electrons. The highest BCUT2D eigenvalue weighted by Gasteiger charge is 2.30. The van der Waals surface area contributed by atoms with Gasteiger partial charge in [-0.2, -0.15) is 0 Å². The third-order valence-electron chi connectivity index (χ3n) is 3.70. The molecule has 1 aromatic carbocycles. The molecular weight excluding hydrogens is 296 g/mol. The van der Waals surface area contributed by atoms with E-state index in [1.165, 1.54) is 5.56 Å². The zero-order chi connectivity index (χ0) is 16.3. The summed E-state index contributed by atoms with van der Waals surface area (Å²) < 4.78 is 5.18. The maximum Gasteiger partial charge on any atom is 0.338 e. The number of carbonyl (C=O) groups is 1. The third kappa shape index (κ3) is 3.47. The van der Waals surface area contributed by atoms with Gasteiger partial charge in [0.2, 0.25) is 0 Å². The molecule has 1 atom stereocenters. The molecule has 0 fully saturated rings. The van der Waals surface area contributed by atoms with Crippen LogP contribution in [0.3, 0.4) is 0 Å². The Morgan fingerprint density at radius 1 is 1.32 bits per heavy atom. The van der Waals surface area contributed by atoms with Crippen molar-refractivity contribution in [3.8, 4) is 0 Å². The van der Waals surface area contributed by atoms with Gasteiger partial charge in [0, 0.05) is 5.70 Å². The van der Waals surface area contributed by atoms with Gasteiger partial charge < -0.3 is 15.4 Å². The van der Waals surface area contributed by atoms with Gasteiger partial charge >= 0.3 is 5.97 Å². The molecular formula is C17H22N2O2S. The van der Waals surface area contributed by atoms with Crippen LogP contribution in [0.25, 0.3) is 0 Å². The van der Waals surface area contributed by atoms with Crippen LogP contribution in [-0.2, 0) is 9.53 Å². The highest BCUT2D eigenvalue weighted by Crippen LogP contribution is 2.28. The van der Waals surface area contributed by atoms with Crippen molar-refractivity contribution in [3.05, 3.63) is 46.7 Å². The van der Waals surface area contributed by atoms with E-state index >= 15 is 0 Å². The maximum absolute atomic E-state index is 12.3. The maximum atomic E-state index is 12.3. The van der Waals surface area contributed by atoms with Gasteiger partial charge in [-0.05, 0) is 43.1 Å². The number of carbonyl (C=O) groups excluding carboxylic acids is 1. The second kappa shape index (κ2) is 6.92. The van der Waals surface area contributed by atoms with E-state index in [2.05, 4.69) is 36.6 Å². The molecule has 0 saturated heterocycles. The van der Waals surface area contributed by atoms with Crippen molar-refractivity contribution in [2.45, 2.75) is 39.7 Å². The Bertz CT molecular complexity index is 606. The largest absolute Gasteiger partial charge is 0.463 e. The summed E-state index contributed by atoms with van der Waals surface area (Å²) in [6.07, 6.45) is 0. The van der Waals surface area contributed by atoms with Gasteiger partial charge in [-0.3, -0.25) is 0 Å². The van der Waals surface area contributed by atoms with Gasteiger partial charge in [0.15, 0.2) is 5.11 Å². The van der Waals surface area contributed by atoms with E-state index in [0.717, 1.165) is 11.3 Å². The first-order valence-electron chi connectivity index (χ1n) is 7.49. The standard InChI is InChI=1S/C17H22N2O2S/c1-5-21-16(20)14-11(4)18-17(22)19-15(14)13-8-6-12(7-9-13)10(2)3/h6-10,15H,5H2,1-4H3,(H2,18,19,22)/t15-/m0/s1. The first-order valence-corrected chi connectivity index (χ1v) is 7.90. The van der Waals surface area contributed by atoms with Crippen LogP contribution in [0.15, 0.2) is 35.5 Å². The van der Waals surface area contributed by atoms with Crippen LogP contribution in [0.4, 0.5) is 0 Å². The molecule has 0 amide bonds. The quantitative estimate of drug-likeness (QED) is 0.660. The van der Waals surface area contributed by atoms with Crippen LogP contribution in [-0.4, -0.2) is 17.7 Å². The number of thiocarbonyl (C=S) groups is 1. The molecule has 2 N–H and O–H groups in total. The Labute approximate surface area is 136 Å². The summed E-state index contributed by atoms with van der Waals surface area (Å²) >= 11 is 5.22. The Morgan fingerprint density at radius 2 is 1.95 bits per heavy atom. The summed E-state index contributed by atoms with van der Waals surface area (Å²) in [6, 6.07) is 7.96. The fourth-order valence-corrected chi connectivity index (χ4v) is 2.77. The predicted molar refractivity (Wildman–Crippen MR) is 91.5 cm³/mol. The lowest BCUT2D eigenvalue weighted by Gasteiger charge is -2.30.